The molecule has 0 radical (unpaired) electrons. The molecule has 0 aromatic carbocycles. The van der Waals surface area contributed by atoms with E-state index in [9.17, 15) is 15.0 Å². The molecule has 0 amide bonds. The molecule has 1 aromatic rings. The average Bonchev–Trinajstić information content (AvgIpc) is 2.75. The van der Waals surface area contributed by atoms with Gasteiger partial charge >= 0.3 is 5.97 Å². The number of methoxy groups -OCH3 is 1. The van der Waals surface area contributed by atoms with E-state index in [1.807, 2.05) is 0 Å². The second kappa shape index (κ2) is 5.29. The van der Waals surface area contributed by atoms with Crippen molar-refractivity contribution in [2.45, 2.75) is 12.2 Å². The maximum absolute atomic E-state index is 11.0. The normalized spacial score (nSPS) is 14.7. The number of aliphatic hydroxyl groups excluding tert-OH is 2. The van der Waals surface area contributed by atoms with Gasteiger partial charge in [0.1, 0.15) is 11.9 Å². The Kier molecular flexibility index (Phi) is 4.31. The number of hydrogen-bond acceptors (Lipinski definition) is 5. The summed E-state index contributed by atoms with van der Waals surface area (Å²) in [5, 5.41) is 19.1. The fourth-order valence-corrected chi connectivity index (χ4v) is 1.35. The first kappa shape index (κ1) is 12.2. The Morgan fingerprint density at radius 3 is 2.80 bits per heavy atom. The first-order valence-electron chi connectivity index (χ1n) is 4.20. The summed E-state index contributed by atoms with van der Waals surface area (Å²) in [7, 11) is 1.23. The van der Waals surface area contributed by atoms with Gasteiger partial charge in [0.25, 0.3) is 0 Å². The van der Waals surface area contributed by atoms with Crippen LogP contribution in [0.5, 0.6) is 0 Å². The molecule has 0 aliphatic carbocycles. The van der Waals surface area contributed by atoms with Crippen molar-refractivity contribution in [2.24, 2.45) is 0 Å². The predicted octanol–water partition coefficient (Wildman–Crippen LogP) is 0.855. The number of ether oxygens (including phenoxy) is 1. The molecule has 1 aromatic heterocycles. The lowest BCUT2D eigenvalue weighted by atomic mass is 10.2. The molecule has 2 atom stereocenters. The van der Waals surface area contributed by atoms with Crippen LogP contribution < -0.4 is 0 Å². The van der Waals surface area contributed by atoms with Crippen molar-refractivity contribution in [3.8, 4) is 0 Å². The molecule has 0 bridgehead atoms. The molecule has 0 spiro atoms. The maximum atomic E-state index is 11.0. The first-order chi connectivity index (χ1) is 7.10. The van der Waals surface area contributed by atoms with Crippen molar-refractivity contribution in [3.63, 3.8) is 0 Å². The van der Waals surface area contributed by atoms with Crippen molar-refractivity contribution >= 4 is 21.9 Å². The molecule has 2 N–H and O–H groups in total. The van der Waals surface area contributed by atoms with E-state index in [-0.39, 0.29) is 16.9 Å². The number of esters is 1. The van der Waals surface area contributed by atoms with Gasteiger partial charge in [-0.15, -0.1) is 0 Å². The van der Waals surface area contributed by atoms with Crippen LogP contribution in [0.25, 0.3) is 0 Å². The van der Waals surface area contributed by atoms with Crippen molar-refractivity contribution in [2.75, 3.05) is 12.4 Å². The van der Waals surface area contributed by atoms with Crippen molar-refractivity contribution < 1.29 is 24.2 Å². The number of aliphatic hydroxyl groups is 2. The zero-order valence-electron chi connectivity index (χ0n) is 8.01. The van der Waals surface area contributed by atoms with Crippen LogP contribution in [-0.2, 0) is 4.74 Å². The summed E-state index contributed by atoms with van der Waals surface area (Å²) < 4.78 is 9.45. The summed E-state index contributed by atoms with van der Waals surface area (Å²) in [6.07, 6.45) is -2.15. The summed E-state index contributed by atoms with van der Waals surface area (Å²) in [5.74, 6) is -0.502. The Morgan fingerprint density at radius 2 is 2.27 bits per heavy atom. The molecule has 6 heteroatoms. The van der Waals surface area contributed by atoms with E-state index in [1.54, 1.807) is 0 Å². The lowest BCUT2D eigenvalue weighted by Gasteiger charge is -2.12. The van der Waals surface area contributed by atoms with E-state index in [1.165, 1.54) is 19.2 Å². The number of halogens is 1. The monoisotopic (exact) mass is 278 g/mol. The number of carbonyl (C=O) groups is 1. The molecule has 2 unspecified atom stereocenters. The molecule has 84 valence electrons. The quantitative estimate of drug-likeness (QED) is 0.631. The van der Waals surface area contributed by atoms with Gasteiger partial charge in [0, 0.05) is 5.33 Å². The fourth-order valence-electron chi connectivity index (χ4n) is 0.996. The first-order valence-corrected chi connectivity index (χ1v) is 5.32. The van der Waals surface area contributed by atoms with Crippen molar-refractivity contribution in [1.29, 1.82) is 0 Å². The Labute approximate surface area is 94.8 Å². The topological polar surface area (TPSA) is 79.9 Å². The summed E-state index contributed by atoms with van der Waals surface area (Å²) in [4.78, 5) is 11.0. The van der Waals surface area contributed by atoms with Crippen LogP contribution in [0.2, 0.25) is 0 Å². The molecule has 0 saturated heterocycles. The van der Waals surface area contributed by atoms with E-state index in [0.29, 0.717) is 0 Å². The predicted molar refractivity (Wildman–Crippen MR) is 54.8 cm³/mol. The van der Waals surface area contributed by atoms with Gasteiger partial charge in [-0.25, -0.2) is 4.79 Å². The number of hydrogen-bond donors (Lipinski definition) is 2. The van der Waals surface area contributed by atoms with Crippen LogP contribution >= 0.6 is 15.9 Å². The smallest absolute Gasteiger partial charge is 0.373 e. The standard InChI is InChI=1S/C9H11BrO5/c1-14-9(13)7-3-2-6(15-7)8(12)5(11)4-10/h2-3,5,8,11-12H,4H2,1H3. The maximum Gasteiger partial charge on any atom is 0.373 e. The molecule has 0 aliphatic rings. The number of carbonyl (C=O) groups excluding carboxylic acids is 1. The average molecular weight is 279 g/mol. The lowest BCUT2D eigenvalue weighted by Crippen LogP contribution is -2.18. The van der Waals surface area contributed by atoms with E-state index < -0.39 is 18.2 Å². The van der Waals surface area contributed by atoms with E-state index in [2.05, 4.69) is 20.7 Å². The summed E-state index contributed by atoms with van der Waals surface area (Å²) in [6.45, 7) is 0. The van der Waals surface area contributed by atoms with Gasteiger partial charge in [0.2, 0.25) is 5.76 Å². The zero-order valence-corrected chi connectivity index (χ0v) is 9.60. The van der Waals surface area contributed by atoms with Crippen molar-refractivity contribution in [3.05, 3.63) is 23.7 Å². The fraction of sp³-hybridized carbons (Fsp3) is 0.444. The van der Waals surface area contributed by atoms with Crippen LogP contribution in [0, 0.1) is 0 Å². The van der Waals surface area contributed by atoms with Crippen LogP contribution in [-0.4, -0.2) is 34.7 Å². The summed E-state index contributed by atoms with van der Waals surface area (Å²) in [6, 6.07) is 2.80. The third-order valence-electron chi connectivity index (χ3n) is 1.83. The largest absolute Gasteiger partial charge is 0.463 e. The minimum Gasteiger partial charge on any atom is -0.463 e. The van der Waals surface area contributed by atoms with E-state index in [4.69, 9.17) is 4.42 Å². The SMILES string of the molecule is COC(=O)c1ccc(C(O)C(O)CBr)o1. The van der Waals surface area contributed by atoms with Crippen LogP contribution in [0.3, 0.4) is 0 Å². The van der Waals surface area contributed by atoms with Crippen LogP contribution in [0.1, 0.15) is 22.4 Å². The molecule has 15 heavy (non-hydrogen) atoms. The molecule has 5 nitrogen and oxygen atoms in total. The van der Waals surface area contributed by atoms with Gasteiger partial charge in [-0.3, -0.25) is 0 Å². The Morgan fingerprint density at radius 1 is 1.60 bits per heavy atom. The third kappa shape index (κ3) is 2.80. The lowest BCUT2D eigenvalue weighted by molar-refractivity contribution is 0.0186. The van der Waals surface area contributed by atoms with Gasteiger partial charge in [0.15, 0.2) is 0 Å². The molecule has 0 saturated carbocycles. The molecule has 1 heterocycles. The van der Waals surface area contributed by atoms with Crippen molar-refractivity contribution in [1.82, 2.24) is 0 Å². The number of rotatable bonds is 4. The van der Waals surface area contributed by atoms with Crippen LogP contribution in [0.4, 0.5) is 0 Å². The summed E-state index contributed by atoms with van der Waals surface area (Å²) in [5.41, 5.74) is 0. The molecule has 0 aliphatic heterocycles. The second-order valence-electron chi connectivity index (χ2n) is 2.86. The Bertz CT molecular complexity index is 335. The van der Waals surface area contributed by atoms with Gasteiger partial charge in [0.05, 0.1) is 13.2 Å². The highest BCUT2D eigenvalue weighted by molar-refractivity contribution is 9.09. The minimum atomic E-state index is -1.16. The van der Waals surface area contributed by atoms with Gasteiger partial charge in [-0.2, -0.15) is 0 Å². The molecular weight excluding hydrogens is 268 g/mol. The van der Waals surface area contributed by atoms with E-state index in [0.717, 1.165) is 0 Å². The van der Waals surface area contributed by atoms with Gasteiger partial charge < -0.3 is 19.4 Å². The minimum absolute atomic E-state index is 0.00618. The zero-order chi connectivity index (χ0) is 11.4. The van der Waals surface area contributed by atoms with Gasteiger partial charge in [-0.05, 0) is 12.1 Å². The second-order valence-corrected chi connectivity index (χ2v) is 3.51. The van der Waals surface area contributed by atoms with Crippen LogP contribution in [0.15, 0.2) is 16.5 Å². The third-order valence-corrected chi connectivity index (χ3v) is 2.49. The molecular formula is C9H11BrO5. The number of furan rings is 1. The van der Waals surface area contributed by atoms with Gasteiger partial charge in [-0.1, -0.05) is 15.9 Å². The highest BCUT2D eigenvalue weighted by Crippen LogP contribution is 2.21. The number of alkyl halides is 1. The molecule has 0 fully saturated rings. The Balaban J connectivity index is 2.79. The highest BCUT2D eigenvalue weighted by Gasteiger charge is 2.22. The Hall–Kier alpha value is -0.850. The van der Waals surface area contributed by atoms with E-state index >= 15 is 0 Å². The summed E-state index contributed by atoms with van der Waals surface area (Å²) >= 11 is 3.02. The highest BCUT2D eigenvalue weighted by atomic mass is 79.9. The molecule has 1 rings (SSSR count).